The molecule has 0 aliphatic carbocycles. The number of hydrogen-bond donors (Lipinski definition) is 1. The predicted molar refractivity (Wildman–Crippen MR) is 104 cm³/mol. The van der Waals surface area contributed by atoms with E-state index in [9.17, 15) is 0 Å². The Bertz CT molecular complexity index is 842. The zero-order valence-corrected chi connectivity index (χ0v) is 16.2. The summed E-state index contributed by atoms with van der Waals surface area (Å²) in [5.41, 5.74) is 8.01. The van der Waals surface area contributed by atoms with Crippen molar-refractivity contribution in [3.8, 4) is 0 Å². The van der Waals surface area contributed by atoms with Crippen LogP contribution in [0.5, 0.6) is 0 Å². The van der Waals surface area contributed by atoms with Gasteiger partial charge < -0.3 is 14.6 Å². The van der Waals surface area contributed by atoms with Crippen LogP contribution in [0, 0.1) is 19.8 Å². The normalized spacial score (nSPS) is 17.6. The molecule has 134 valence electrons. The highest BCUT2D eigenvalue weighted by Gasteiger charge is 2.24. The number of dihydropyridines is 1. The number of allylic oxidation sites excluding steroid dienone is 3. The lowest BCUT2D eigenvalue weighted by Crippen LogP contribution is -2.35. The molecule has 0 aromatic carbocycles. The molecule has 0 spiro atoms. The number of hydrogen-bond acceptors (Lipinski definition) is 3. The summed E-state index contributed by atoms with van der Waals surface area (Å²) in [4.78, 5) is 5.03. The fourth-order valence-electron chi connectivity index (χ4n) is 3.48. The number of aromatic nitrogens is 2. The molecule has 1 aliphatic rings. The van der Waals surface area contributed by atoms with Crippen molar-refractivity contribution >= 4 is 16.6 Å². The molecule has 0 fully saturated rings. The van der Waals surface area contributed by atoms with Crippen LogP contribution in [0.1, 0.15) is 44.0 Å². The first-order valence-electron chi connectivity index (χ1n) is 9.14. The van der Waals surface area contributed by atoms with Gasteiger partial charge in [-0.05, 0) is 49.5 Å². The van der Waals surface area contributed by atoms with Crippen molar-refractivity contribution in [2.45, 2.75) is 53.8 Å². The number of fused-ring (bicyclic) bond motifs is 1. The van der Waals surface area contributed by atoms with Crippen LogP contribution < -0.4 is 5.32 Å². The number of pyridine rings is 1. The Kier molecular flexibility index (Phi) is 5.00. The van der Waals surface area contributed by atoms with Gasteiger partial charge in [0, 0.05) is 31.1 Å². The summed E-state index contributed by atoms with van der Waals surface area (Å²) < 4.78 is 8.03. The summed E-state index contributed by atoms with van der Waals surface area (Å²) in [6, 6.07) is 2.26. The van der Waals surface area contributed by atoms with Crippen molar-refractivity contribution < 1.29 is 4.74 Å². The lowest BCUT2D eigenvalue weighted by molar-refractivity contribution is 0.125. The number of rotatable bonds is 5. The summed E-state index contributed by atoms with van der Waals surface area (Å²) in [5.74, 6) is 0.442. The SMILES string of the molecule is CCCn1cc(C)c2nc(C3=CC=C(C(C)C)NC3OC)c(C)cc21. The van der Waals surface area contributed by atoms with E-state index in [-0.39, 0.29) is 6.23 Å². The van der Waals surface area contributed by atoms with Crippen LogP contribution in [0.25, 0.3) is 16.6 Å². The molecular weight excluding hydrogens is 310 g/mol. The molecule has 0 saturated heterocycles. The fourth-order valence-corrected chi connectivity index (χ4v) is 3.48. The van der Waals surface area contributed by atoms with E-state index >= 15 is 0 Å². The number of methoxy groups -OCH3 is 1. The van der Waals surface area contributed by atoms with E-state index in [0.29, 0.717) is 5.92 Å². The number of nitrogens with zero attached hydrogens (tertiary/aromatic N) is 2. The van der Waals surface area contributed by atoms with Crippen LogP contribution >= 0.6 is 0 Å². The van der Waals surface area contributed by atoms with Crippen molar-refractivity contribution in [1.29, 1.82) is 0 Å². The Hall–Kier alpha value is -2.07. The van der Waals surface area contributed by atoms with Gasteiger partial charge in [0.15, 0.2) is 6.23 Å². The van der Waals surface area contributed by atoms with Gasteiger partial charge in [-0.1, -0.05) is 26.8 Å². The average Bonchev–Trinajstić information content (AvgIpc) is 2.89. The maximum Gasteiger partial charge on any atom is 0.155 e. The second-order valence-corrected chi connectivity index (χ2v) is 7.19. The molecule has 0 radical (unpaired) electrons. The van der Waals surface area contributed by atoms with Gasteiger partial charge in [0.25, 0.3) is 0 Å². The second kappa shape index (κ2) is 7.04. The van der Waals surface area contributed by atoms with Crippen molar-refractivity contribution in [3.63, 3.8) is 0 Å². The first-order chi connectivity index (χ1) is 12.0. The maximum absolute atomic E-state index is 5.71. The first-order valence-corrected chi connectivity index (χ1v) is 9.14. The smallest absolute Gasteiger partial charge is 0.155 e. The molecule has 4 heteroatoms. The number of ether oxygens (including phenoxy) is 1. The lowest BCUT2D eigenvalue weighted by atomic mass is 9.99. The van der Waals surface area contributed by atoms with Gasteiger partial charge in [-0.15, -0.1) is 0 Å². The van der Waals surface area contributed by atoms with Crippen LogP contribution in [0.2, 0.25) is 0 Å². The minimum Gasteiger partial charge on any atom is -0.359 e. The molecule has 1 atom stereocenters. The Morgan fingerprint density at radius 1 is 1.24 bits per heavy atom. The average molecular weight is 339 g/mol. The van der Waals surface area contributed by atoms with E-state index in [2.05, 4.69) is 68.9 Å². The fraction of sp³-hybridized carbons (Fsp3) is 0.476. The summed E-state index contributed by atoms with van der Waals surface area (Å²) in [6.07, 6.45) is 7.47. The van der Waals surface area contributed by atoms with Crippen LogP contribution in [0.3, 0.4) is 0 Å². The third-order valence-electron chi connectivity index (χ3n) is 4.84. The van der Waals surface area contributed by atoms with E-state index in [1.165, 1.54) is 22.3 Å². The summed E-state index contributed by atoms with van der Waals surface area (Å²) >= 11 is 0. The topological polar surface area (TPSA) is 39.1 Å². The molecule has 0 saturated carbocycles. The zero-order valence-electron chi connectivity index (χ0n) is 16.2. The molecule has 0 amide bonds. The molecular formula is C21H29N3O. The second-order valence-electron chi connectivity index (χ2n) is 7.19. The third-order valence-corrected chi connectivity index (χ3v) is 4.84. The monoisotopic (exact) mass is 339 g/mol. The molecule has 1 N–H and O–H groups in total. The first kappa shape index (κ1) is 17.7. The Labute approximate surface area is 150 Å². The van der Waals surface area contributed by atoms with Crippen LogP contribution in [-0.4, -0.2) is 22.9 Å². The highest BCUT2D eigenvalue weighted by Crippen LogP contribution is 2.30. The molecule has 0 bridgehead atoms. The number of nitrogens with one attached hydrogen (secondary N) is 1. The van der Waals surface area contributed by atoms with Crippen LogP contribution in [0.4, 0.5) is 0 Å². The minimum atomic E-state index is -0.163. The Balaban J connectivity index is 2.12. The van der Waals surface area contributed by atoms with Crippen molar-refractivity contribution in [2.24, 2.45) is 5.92 Å². The van der Waals surface area contributed by atoms with E-state index in [0.717, 1.165) is 29.7 Å². The van der Waals surface area contributed by atoms with Crippen LogP contribution in [-0.2, 0) is 11.3 Å². The Morgan fingerprint density at radius 3 is 2.64 bits per heavy atom. The predicted octanol–water partition coefficient (Wildman–Crippen LogP) is 4.56. The van der Waals surface area contributed by atoms with Gasteiger partial charge in [0.2, 0.25) is 0 Å². The molecule has 1 aliphatic heterocycles. The molecule has 3 heterocycles. The molecule has 2 aromatic heterocycles. The molecule has 3 rings (SSSR count). The molecule has 1 unspecified atom stereocenters. The van der Waals surface area contributed by atoms with Crippen molar-refractivity contribution in [1.82, 2.24) is 14.9 Å². The molecule has 25 heavy (non-hydrogen) atoms. The zero-order chi connectivity index (χ0) is 18.1. The quantitative estimate of drug-likeness (QED) is 0.868. The maximum atomic E-state index is 5.71. The van der Waals surface area contributed by atoms with Gasteiger partial charge in [0.05, 0.1) is 16.7 Å². The van der Waals surface area contributed by atoms with Gasteiger partial charge >= 0.3 is 0 Å². The van der Waals surface area contributed by atoms with E-state index < -0.39 is 0 Å². The van der Waals surface area contributed by atoms with Crippen LogP contribution in [0.15, 0.2) is 30.1 Å². The standard InChI is InChI=1S/C21H29N3O/c1-7-10-24-12-15(5)20-18(24)11-14(4)19(23-20)16-8-9-17(13(2)3)22-21(16)25-6/h8-9,11-13,21-22H,7,10H2,1-6H3. The highest BCUT2D eigenvalue weighted by atomic mass is 16.5. The van der Waals surface area contributed by atoms with Gasteiger partial charge in [-0.25, -0.2) is 4.98 Å². The van der Waals surface area contributed by atoms with Gasteiger partial charge in [0.1, 0.15) is 0 Å². The lowest BCUT2D eigenvalue weighted by Gasteiger charge is -2.28. The van der Waals surface area contributed by atoms with E-state index in [1.807, 2.05) is 0 Å². The highest BCUT2D eigenvalue weighted by molar-refractivity contribution is 5.84. The van der Waals surface area contributed by atoms with E-state index in [4.69, 9.17) is 9.72 Å². The van der Waals surface area contributed by atoms with E-state index in [1.54, 1.807) is 7.11 Å². The minimum absolute atomic E-state index is 0.163. The summed E-state index contributed by atoms with van der Waals surface area (Å²) in [7, 11) is 1.74. The Morgan fingerprint density at radius 2 is 2.00 bits per heavy atom. The molecule has 4 nitrogen and oxygen atoms in total. The third kappa shape index (κ3) is 3.23. The van der Waals surface area contributed by atoms with Gasteiger partial charge in [-0.3, -0.25) is 0 Å². The molecule has 2 aromatic rings. The number of aryl methyl sites for hydroxylation is 3. The largest absolute Gasteiger partial charge is 0.359 e. The summed E-state index contributed by atoms with van der Waals surface area (Å²) in [5, 5.41) is 3.49. The summed E-state index contributed by atoms with van der Waals surface area (Å²) in [6.45, 7) is 11.9. The van der Waals surface area contributed by atoms with Gasteiger partial charge in [-0.2, -0.15) is 0 Å². The van der Waals surface area contributed by atoms with Crippen molar-refractivity contribution in [2.75, 3.05) is 7.11 Å². The van der Waals surface area contributed by atoms with Crippen molar-refractivity contribution in [3.05, 3.63) is 46.9 Å².